The van der Waals surface area contributed by atoms with E-state index < -0.39 is 14.7 Å². The van der Waals surface area contributed by atoms with Crippen LogP contribution in [0.1, 0.15) is 32.3 Å². The molecule has 8 heteroatoms. The lowest BCUT2D eigenvalue weighted by Crippen LogP contribution is -2.05. The molecule has 0 aromatic heterocycles. The van der Waals surface area contributed by atoms with Gasteiger partial charge in [-0.2, -0.15) is 5.26 Å². The summed E-state index contributed by atoms with van der Waals surface area (Å²) in [5.41, 5.74) is 0.481. The van der Waals surface area contributed by atoms with Crippen LogP contribution in [0.3, 0.4) is 0 Å². The first-order valence-corrected chi connectivity index (χ1v) is 11.3. The lowest BCUT2D eigenvalue weighted by atomic mass is 10.2. The highest BCUT2D eigenvalue weighted by molar-refractivity contribution is 7.95. The van der Waals surface area contributed by atoms with Crippen LogP contribution in [0.15, 0.2) is 46.2 Å². The van der Waals surface area contributed by atoms with Gasteiger partial charge in [0.15, 0.2) is 11.5 Å². The summed E-state index contributed by atoms with van der Waals surface area (Å²) in [7, 11) is -4.14. The Morgan fingerprint density at radius 1 is 1.10 bits per heavy atom. The third-order valence-corrected chi connectivity index (χ3v) is 6.29. The molecule has 154 valence electrons. The second-order valence-electron chi connectivity index (χ2n) is 6.04. The Bertz CT molecular complexity index is 1040. The molecule has 0 radical (unpaired) electrons. The van der Waals surface area contributed by atoms with E-state index in [0.29, 0.717) is 30.3 Å². The molecule has 0 spiro atoms. The van der Waals surface area contributed by atoms with Crippen LogP contribution in [0, 0.1) is 11.3 Å². The van der Waals surface area contributed by atoms with Gasteiger partial charge in [0.05, 0.1) is 23.1 Å². The van der Waals surface area contributed by atoms with E-state index in [2.05, 4.69) is 6.92 Å². The molecule has 0 amide bonds. The second-order valence-corrected chi connectivity index (χ2v) is 8.77. The number of hydrogen-bond acceptors (Lipinski definition) is 5. The standard InChI is InChI=1S/C21H21Cl2NO4S/c1-3-5-10-28-19-9-6-15(12-20(19)27-4-2)11-17(14-24)29(25,26)21-13-16(22)7-8-18(21)23/h6-9,11-13H,3-5,10H2,1-2H3/b17-11+. The van der Waals surface area contributed by atoms with Crippen molar-refractivity contribution >= 4 is 39.1 Å². The largest absolute Gasteiger partial charge is 0.490 e. The zero-order chi connectivity index (χ0) is 21.4. The molecule has 0 aliphatic rings. The van der Waals surface area contributed by atoms with Gasteiger partial charge in [0.1, 0.15) is 11.0 Å². The quantitative estimate of drug-likeness (QED) is 0.348. The maximum absolute atomic E-state index is 12.9. The van der Waals surface area contributed by atoms with Crippen LogP contribution in [-0.4, -0.2) is 21.6 Å². The fourth-order valence-electron chi connectivity index (χ4n) is 2.45. The Balaban J connectivity index is 2.45. The van der Waals surface area contributed by atoms with Crippen molar-refractivity contribution in [3.63, 3.8) is 0 Å². The Hall–Kier alpha value is -2.20. The van der Waals surface area contributed by atoms with E-state index in [-0.39, 0.29) is 14.9 Å². The van der Waals surface area contributed by atoms with E-state index in [1.807, 2.05) is 6.92 Å². The van der Waals surface area contributed by atoms with E-state index in [9.17, 15) is 13.7 Å². The van der Waals surface area contributed by atoms with Crippen molar-refractivity contribution in [3.8, 4) is 17.6 Å². The van der Waals surface area contributed by atoms with Gasteiger partial charge in [-0.1, -0.05) is 42.6 Å². The number of hydrogen-bond donors (Lipinski definition) is 0. The fourth-order valence-corrected chi connectivity index (χ4v) is 4.37. The van der Waals surface area contributed by atoms with Crippen molar-refractivity contribution in [1.29, 1.82) is 5.26 Å². The van der Waals surface area contributed by atoms with Gasteiger partial charge in [-0.05, 0) is 55.3 Å². The van der Waals surface area contributed by atoms with E-state index in [1.165, 1.54) is 24.3 Å². The first-order chi connectivity index (χ1) is 13.8. The SMILES string of the molecule is CCCCOc1ccc(/C=C(\C#N)S(=O)(=O)c2cc(Cl)ccc2Cl)cc1OCC. The van der Waals surface area contributed by atoms with E-state index in [0.717, 1.165) is 12.8 Å². The smallest absolute Gasteiger partial charge is 0.218 e. The lowest BCUT2D eigenvalue weighted by Gasteiger charge is -2.12. The van der Waals surface area contributed by atoms with Crippen LogP contribution in [0.2, 0.25) is 10.0 Å². The van der Waals surface area contributed by atoms with Crippen LogP contribution in [0.5, 0.6) is 11.5 Å². The summed E-state index contributed by atoms with van der Waals surface area (Å²) in [6.07, 6.45) is 3.18. The molecule has 2 aromatic carbocycles. The highest BCUT2D eigenvalue weighted by Gasteiger charge is 2.24. The number of sulfone groups is 1. The van der Waals surface area contributed by atoms with Crippen molar-refractivity contribution in [3.05, 3.63) is 56.9 Å². The summed E-state index contributed by atoms with van der Waals surface area (Å²) in [5, 5.41) is 9.68. The fraction of sp³-hybridized carbons (Fsp3) is 0.286. The first kappa shape index (κ1) is 23.1. The third-order valence-electron chi connectivity index (χ3n) is 3.90. The Labute approximate surface area is 181 Å². The monoisotopic (exact) mass is 453 g/mol. The van der Waals surface area contributed by atoms with Crippen LogP contribution < -0.4 is 9.47 Å². The minimum atomic E-state index is -4.14. The minimum Gasteiger partial charge on any atom is -0.490 e. The van der Waals surface area contributed by atoms with E-state index in [1.54, 1.807) is 24.3 Å². The number of benzene rings is 2. The maximum Gasteiger partial charge on any atom is 0.218 e. The number of rotatable bonds is 9. The average Bonchev–Trinajstić information content (AvgIpc) is 2.69. The number of ether oxygens (including phenoxy) is 2. The topological polar surface area (TPSA) is 76.4 Å². The van der Waals surface area contributed by atoms with Gasteiger partial charge in [0.25, 0.3) is 0 Å². The molecule has 0 saturated heterocycles. The Morgan fingerprint density at radius 2 is 1.86 bits per heavy atom. The maximum atomic E-state index is 12.9. The average molecular weight is 454 g/mol. The van der Waals surface area contributed by atoms with Crippen LogP contribution in [0.4, 0.5) is 0 Å². The summed E-state index contributed by atoms with van der Waals surface area (Å²) in [6, 6.07) is 10.8. The molecule has 0 bridgehead atoms. The molecule has 2 aromatic rings. The highest BCUT2D eigenvalue weighted by Crippen LogP contribution is 2.32. The van der Waals surface area contributed by atoms with Crippen molar-refractivity contribution in [2.24, 2.45) is 0 Å². The number of nitrogens with zero attached hydrogens (tertiary/aromatic N) is 1. The molecule has 0 heterocycles. The van der Waals surface area contributed by atoms with Gasteiger partial charge in [0, 0.05) is 5.02 Å². The van der Waals surface area contributed by atoms with E-state index in [4.69, 9.17) is 32.7 Å². The minimum absolute atomic E-state index is 0.00905. The summed E-state index contributed by atoms with van der Waals surface area (Å²) in [4.78, 5) is -0.673. The summed E-state index contributed by atoms with van der Waals surface area (Å²) >= 11 is 11.9. The number of unbranched alkanes of at least 4 members (excludes halogenated alkanes) is 1. The van der Waals surface area contributed by atoms with Crippen LogP contribution in [-0.2, 0) is 9.84 Å². The van der Waals surface area contributed by atoms with Gasteiger partial charge >= 0.3 is 0 Å². The summed E-state index contributed by atoms with van der Waals surface area (Å²) < 4.78 is 37.1. The molecule has 2 rings (SSSR count). The molecule has 29 heavy (non-hydrogen) atoms. The van der Waals surface area contributed by atoms with Gasteiger partial charge in [-0.3, -0.25) is 0 Å². The van der Waals surface area contributed by atoms with Crippen LogP contribution >= 0.6 is 23.2 Å². The van der Waals surface area contributed by atoms with Gasteiger partial charge in [-0.15, -0.1) is 0 Å². The molecule has 0 fully saturated rings. The van der Waals surface area contributed by atoms with E-state index >= 15 is 0 Å². The van der Waals surface area contributed by atoms with Crippen molar-refractivity contribution in [1.82, 2.24) is 0 Å². The molecule has 0 aliphatic carbocycles. The lowest BCUT2D eigenvalue weighted by molar-refractivity contribution is 0.272. The van der Waals surface area contributed by atoms with Crippen molar-refractivity contribution < 1.29 is 17.9 Å². The van der Waals surface area contributed by atoms with Crippen LogP contribution in [0.25, 0.3) is 6.08 Å². The van der Waals surface area contributed by atoms with Gasteiger partial charge < -0.3 is 9.47 Å². The zero-order valence-electron chi connectivity index (χ0n) is 16.1. The molecule has 0 saturated carbocycles. The Morgan fingerprint density at radius 3 is 2.52 bits per heavy atom. The number of allylic oxidation sites excluding steroid dienone is 1. The van der Waals surface area contributed by atoms with Gasteiger partial charge in [0.2, 0.25) is 9.84 Å². The van der Waals surface area contributed by atoms with Crippen molar-refractivity contribution in [2.75, 3.05) is 13.2 Å². The molecule has 0 atom stereocenters. The van der Waals surface area contributed by atoms with Gasteiger partial charge in [-0.25, -0.2) is 8.42 Å². The van der Waals surface area contributed by atoms with Crippen molar-refractivity contribution in [2.45, 2.75) is 31.6 Å². The Kier molecular flexibility index (Phi) is 8.39. The third kappa shape index (κ3) is 5.89. The zero-order valence-corrected chi connectivity index (χ0v) is 18.4. The summed E-state index contributed by atoms with van der Waals surface area (Å²) in [6.45, 7) is 4.87. The number of nitriles is 1. The summed E-state index contributed by atoms with van der Waals surface area (Å²) in [5.74, 6) is 1.05. The highest BCUT2D eigenvalue weighted by atomic mass is 35.5. The second kappa shape index (κ2) is 10.5. The predicted molar refractivity (Wildman–Crippen MR) is 115 cm³/mol. The number of halogens is 2. The molecular weight excluding hydrogens is 433 g/mol. The predicted octanol–water partition coefficient (Wildman–Crippen LogP) is 5.91. The molecule has 0 N–H and O–H groups in total. The normalized spacial score (nSPS) is 11.8. The molecule has 5 nitrogen and oxygen atoms in total. The molecule has 0 unspecified atom stereocenters. The molecular formula is C21H21Cl2NO4S. The molecule has 0 aliphatic heterocycles. The first-order valence-electron chi connectivity index (χ1n) is 9.05.